The first-order valence-electron chi connectivity index (χ1n) is 9.09. The third kappa shape index (κ3) is 3.57. The molecule has 0 unspecified atom stereocenters. The normalized spacial score (nSPS) is 15.8. The first-order valence-corrected chi connectivity index (χ1v) is 9.47. The summed E-state index contributed by atoms with van der Waals surface area (Å²) in [5, 5.41) is 5.97. The number of amides is 3. The maximum atomic E-state index is 12.7. The van der Waals surface area contributed by atoms with Crippen LogP contribution in [0.1, 0.15) is 22.3 Å². The minimum Gasteiger partial charge on any atom is -0.490 e. The van der Waals surface area contributed by atoms with Crippen molar-refractivity contribution in [1.29, 1.82) is 0 Å². The van der Waals surface area contributed by atoms with Crippen molar-refractivity contribution in [1.82, 2.24) is 5.32 Å². The zero-order valence-electron chi connectivity index (χ0n) is 15.4. The van der Waals surface area contributed by atoms with E-state index in [-0.39, 0.29) is 11.9 Å². The van der Waals surface area contributed by atoms with E-state index in [0.29, 0.717) is 54.1 Å². The molecule has 2 aromatic carbocycles. The first kappa shape index (κ1) is 18.4. The predicted octanol–water partition coefficient (Wildman–Crippen LogP) is 3.59. The number of benzene rings is 2. The quantitative estimate of drug-likeness (QED) is 0.823. The van der Waals surface area contributed by atoms with Gasteiger partial charge in [-0.25, -0.2) is 4.79 Å². The summed E-state index contributed by atoms with van der Waals surface area (Å²) in [5.41, 5.74) is 2.57. The number of nitrogens with one attached hydrogen (secondary N) is 2. The van der Waals surface area contributed by atoms with Crippen molar-refractivity contribution in [2.75, 3.05) is 36.5 Å². The molecule has 7 nitrogen and oxygen atoms in total. The predicted molar refractivity (Wildman–Crippen MR) is 107 cm³/mol. The zero-order chi connectivity index (χ0) is 19.7. The van der Waals surface area contributed by atoms with Gasteiger partial charge in [0.25, 0.3) is 5.91 Å². The fraction of sp³-hybridized carbons (Fsp3) is 0.300. The van der Waals surface area contributed by atoms with E-state index in [0.717, 1.165) is 17.7 Å². The molecule has 28 heavy (non-hydrogen) atoms. The Morgan fingerprint density at radius 3 is 2.61 bits per heavy atom. The second-order valence-electron chi connectivity index (χ2n) is 6.67. The molecular weight excluding hydrogens is 382 g/mol. The maximum absolute atomic E-state index is 12.7. The van der Waals surface area contributed by atoms with Gasteiger partial charge in [-0.2, -0.15) is 0 Å². The topological polar surface area (TPSA) is 79.9 Å². The van der Waals surface area contributed by atoms with E-state index in [2.05, 4.69) is 10.6 Å². The number of aryl methyl sites for hydroxylation is 1. The van der Waals surface area contributed by atoms with Gasteiger partial charge in [0.1, 0.15) is 0 Å². The third-order valence-electron chi connectivity index (χ3n) is 4.69. The molecular formula is C20H20ClN3O4. The van der Waals surface area contributed by atoms with Crippen LogP contribution in [0.15, 0.2) is 30.3 Å². The largest absolute Gasteiger partial charge is 0.490 e. The Bertz CT molecular complexity index is 947. The number of carbonyl (C=O) groups is 2. The standard InChI is InChI=1S/C20H20ClN3O4/c1-12-9-13(3-4-16(12)24-6-5-22-20(24)26)19(25)23-15-11-18-17(10-14(15)21)27-7-2-8-28-18/h3-4,9-11H,2,5-8H2,1H3,(H,22,26)(H,23,25). The van der Waals surface area contributed by atoms with Crippen molar-refractivity contribution < 1.29 is 19.1 Å². The lowest BCUT2D eigenvalue weighted by atomic mass is 10.1. The number of ether oxygens (including phenoxy) is 2. The van der Waals surface area contributed by atoms with Crippen LogP contribution in [0.4, 0.5) is 16.2 Å². The fourth-order valence-electron chi connectivity index (χ4n) is 3.28. The van der Waals surface area contributed by atoms with Crippen LogP contribution in [0.2, 0.25) is 5.02 Å². The van der Waals surface area contributed by atoms with Crippen LogP contribution in [0.25, 0.3) is 0 Å². The molecule has 8 heteroatoms. The molecule has 0 spiro atoms. The van der Waals surface area contributed by atoms with Crippen LogP contribution in [0.3, 0.4) is 0 Å². The molecule has 0 radical (unpaired) electrons. The molecule has 0 aliphatic carbocycles. The number of hydrogen-bond acceptors (Lipinski definition) is 4. The number of urea groups is 1. The van der Waals surface area contributed by atoms with Gasteiger partial charge in [0.15, 0.2) is 11.5 Å². The summed E-state index contributed by atoms with van der Waals surface area (Å²) in [6, 6.07) is 8.44. The number of anilines is 2. The third-order valence-corrected chi connectivity index (χ3v) is 5.00. The van der Waals surface area contributed by atoms with Crippen molar-refractivity contribution in [2.45, 2.75) is 13.3 Å². The summed E-state index contributed by atoms with van der Waals surface area (Å²) in [6.45, 7) is 4.21. The fourth-order valence-corrected chi connectivity index (χ4v) is 3.48. The van der Waals surface area contributed by atoms with Crippen molar-refractivity contribution in [2.24, 2.45) is 0 Å². The monoisotopic (exact) mass is 401 g/mol. The molecule has 4 rings (SSSR count). The van der Waals surface area contributed by atoms with Crippen molar-refractivity contribution in [3.05, 3.63) is 46.5 Å². The lowest BCUT2D eigenvalue weighted by molar-refractivity contribution is 0.102. The Morgan fingerprint density at radius 1 is 1.18 bits per heavy atom. The second-order valence-corrected chi connectivity index (χ2v) is 7.08. The van der Waals surface area contributed by atoms with E-state index >= 15 is 0 Å². The summed E-state index contributed by atoms with van der Waals surface area (Å²) in [4.78, 5) is 26.2. The molecule has 1 fully saturated rings. The summed E-state index contributed by atoms with van der Waals surface area (Å²) < 4.78 is 11.3. The molecule has 0 atom stereocenters. The molecule has 2 aliphatic heterocycles. The Balaban J connectivity index is 1.55. The van der Waals surface area contributed by atoms with E-state index in [1.807, 2.05) is 6.92 Å². The van der Waals surface area contributed by atoms with Crippen LogP contribution >= 0.6 is 11.6 Å². The van der Waals surface area contributed by atoms with E-state index in [9.17, 15) is 9.59 Å². The van der Waals surface area contributed by atoms with Crippen LogP contribution in [0, 0.1) is 6.92 Å². The minimum atomic E-state index is -0.295. The zero-order valence-corrected chi connectivity index (χ0v) is 16.1. The number of carbonyl (C=O) groups excluding carboxylic acids is 2. The highest BCUT2D eigenvalue weighted by atomic mass is 35.5. The van der Waals surface area contributed by atoms with E-state index in [4.69, 9.17) is 21.1 Å². The van der Waals surface area contributed by atoms with Crippen molar-refractivity contribution in [3.8, 4) is 11.5 Å². The van der Waals surface area contributed by atoms with Gasteiger partial charge < -0.3 is 20.1 Å². The van der Waals surface area contributed by atoms with Gasteiger partial charge in [-0.05, 0) is 30.7 Å². The van der Waals surface area contributed by atoms with Gasteiger partial charge >= 0.3 is 6.03 Å². The molecule has 2 heterocycles. The van der Waals surface area contributed by atoms with Crippen LogP contribution < -0.4 is 25.0 Å². The van der Waals surface area contributed by atoms with Gasteiger partial charge in [0.05, 0.1) is 23.9 Å². The molecule has 0 aromatic heterocycles. The SMILES string of the molecule is Cc1cc(C(=O)Nc2cc3c(cc2Cl)OCCCO3)ccc1N1CCNC1=O. The Hall–Kier alpha value is -2.93. The van der Waals surface area contributed by atoms with Gasteiger partial charge in [-0.3, -0.25) is 9.69 Å². The highest BCUT2D eigenvalue weighted by molar-refractivity contribution is 6.34. The number of fused-ring (bicyclic) bond motifs is 1. The summed E-state index contributed by atoms with van der Waals surface area (Å²) in [7, 11) is 0. The van der Waals surface area contributed by atoms with Crippen molar-refractivity contribution >= 4 is 34.9 Å². The number of rotatable bonds is 3. The summed E-state index contributed by atoms with van der Waals surface area (Å²) in [5.74, 6) is 0.838. The second kappa shape index (κ2) is 7.59. The molecule has 0 bridgehead atoms. The highest BCUT2D eigenvalue weighted by Crippen LogP contribution is 2.38. The number of nitrogens with zero attached hydrogens (tertiary/aromatic N) is 1. The van der Waals surface area contributed by atoms with E-state index in [1.165, 1.54) is 0 Å². The first-order chi connectivity index (χ1) is 13.5. The lowest BCUT2D eigenvalue weighted by Crippen LogP contribution is -2.28. The van der Waals surface area contributed by atoms with Gasteiger partial charge in [-0.15, -0.1) is 0 Å². The molecule has 2 aromatic rings. The molecule has 3 amide bonds. The van der Waals surface area contributed by atoms with Crippen molar-refractivity contribution in [3.63, 3.8) is 0 Å². The molecule has 146 valence electrons. The summed E-state index contributed by atoms with van der Waals surface area (Å²) in [6.07, 6.45) is 0.786. The average molecular weight is 402 g/mol. The molecule has 0 saturated carbocycles. The van der Waals surface area contributed by atoms with E-state index < -0.39 is 0 Å². The van der Waals surface area contributed by atoms with Crippen LogP contribution in [-0.2, 0) is 0 Å². The van der Waals surface area contributed by atoms with E-state index in [1.54, 1.807) is 35.2 Å². The van der Waals surface area contributed by atoms with Crippen LogP contribution in [0.5, 0.6) is 11.5 Å². The number of halogens is 1. The number of hydrogen-bond donors (Lipinski definition) is 2. The van der Waals surface area contributed by atoms with Gasteiger partial charge in [0.2, 0.25) is 0 Å². The average Bonchev–Trinajstić information content (AvgIpc) is 2.96. The van der Waals surface area contributed by atoms with Gasteiger partial charge in [0, 0.05) is 42.9 Å². The Kier molecular flexibility index (Phi) is 5.00. The minimum absolute atomic E-state index is 0.126. The Morgan fingerprint density at radius 2 is 1.93 bits per heavy atom. The highest BCUT2D eigenvalue weighted by Gasteiger charge is 2.23. The molecule has 2 N–H and O–H groups in total. The van der Waals surface area contributed by atoms with Gasteiger partial charge in [-0.1, -0.05) is 11.6 Å². The van der Waals surface area contributed by atoms with Crippen LogP contribution in [-0.4, -0.2) is 38.2 Å². The smallest absolute Gasteiger partial charge is 0.322 e. The molecule has 2 aliphatic rings. The Labute approximate surface area is 167 Å². The maximum Gasteiger partial charge on any atom is 0.322 e. The molecule has 1 saturated heterocycles. The summed E-state index contributed by atoms with van der Waals surface area (Å²) >= 11 is 6.30. The lowest BCUT2D eigenvalue weighted by Gasteiger charge is -2.18.